The molecular weight excluding hydrogens is 290 g/mol. The minimum atomic E-state index is -0.822. The molecule has 0 amide bonds. The van der Waals surface area contributed by atoms with Crippen LogP contribution in [-0.4, -0.2) is 17.8 Å². The van der Waals surface area contributed by atoms with Crippen LogP contribution in [0.1, 0.15) is 39.5 Å². The molecule has 1 aromatic rings. The van der Waals surface area contributed by atoms with E-state index in [4.69, 9.17) is 0 Å². The van der Waals surface area contributed by atoms with Gasteiger partial charge in [0, 0.05) is 4.90 Å². The fourth-order valence-electron chi connectivity index (χ4n) is 2.06. The van der Waals surface area contributed by atoms with Crippen molar-refractivity contribution in [3.63, 3.8) is 0 Å². The summed E-state index contributed by atoms with van der Waals surface area (Å²) in [6.07, 6.45) is 3.37. The summed E-state index contributed by atoms with van der Waals surface area (Å²) < 4.78 is 25.9. The number of benzene rings is 1. The summed E-state index contributed by atoms with van der Waals surface area (Å²) in [6, 6.07) is 6.32. The Kier molecular flexibility index (Phi) is 7.69. The third-order valence-corrected chi connectivity index (χ3v) is 4.52. The maximum atomic E-state index is 13.1. The molecule has 0 saturated carbocycles. The van der Waals surface area contributed by atoms with Gasteiger partial charge in [-0.3, -0.25) is 5.32 Å². The highest BCUT2D eigenvalue weighted by atomic mass is 32.2. The van der Waals surface area contributed by atoms with Crippen LogP contribution < -0.4 is 5.32 Å². The predicted octanol–water partition coefficient (Wildman–Crippen LogP) is 4.51. The fraction of sp³-hybridized carbons (Fsp3) is 0.562. The third-order valence-electron chi connectivity index (χ3n) is 3.44. The van der Waals surface area contributed by atoms with Gasteiger partial charge in [-0.2, -0.15) is 5.26 Å². The fourth-order valence-corrected chi connectivity index (χ4v) is 2.93. The van der Waals surface area contributed by atoms with Gasteiger partial charge in [0.15, 0.2) is 11.6 Å². The molecule has 0 aromatic heterocycles. The minimum Gasteiger partial charge on any atom is -0.299 e. The molecular formula is C16H22F2N2S. The highest BCUT2D eigenvalue weighted by Crippen LogP contribution is 2.24. The number of hydrogen-bond donors (Lipinski definition) is 1. The highest BCUT2D eigenvalue weighted by molar-refractivity contribution is 7.99. The lowest BCUT2D eigenvalue weighted by molar-refractivity contribution is 0.371. The van der Waals surface area contributed by atoms with Crippen molar-refractivity contribution in [1.29, 1.82) is 5.26 Å². The van der Waals surface area contributed by atoms with E-state index in [0.29, 0.717) is 0 Å². The third kappa shape index (κ3) is 5.64. The average molecular weight is 312 g/mol. The number of hydrogen-bond acceptors (Lipinski definition) is 3. The Hall–Kier alpha value is -1.12. The van der Waals surface area contributed by atoms with Crippen LogP contribution >= 0.6 is 11.8 Å². The van der Waals surface area contributed by atoms with Crippen molar-refractivity contribution in [2.75, 3.05) is 12.3 Å². The molecule has 0 saturated heterocycles. The monoisotopic (exact) mass is 312 g/mol. The maximum Gasteiger partial charge on any atom is 0.159 e. The van der Waals surface area contributed by atoms with Gasteiger partial charge >= 0.3 is 0 Å². The van der Waals surface area contributed by atoms with E-state index in [2.05, 4.69) is 18.3 Å². The zero-order valence-electron chi connectivity index (χ0n) is 12.6. The second kappa shape index (κ2) is 9.01. The van der Waals surface area contributed by atoms with Crippen LogP contribution in [0.2, 0.25) is 0 Å². The van der Waals surface area contributed by atoms with E-state index < -0.39 is 17.2 Å². The minimum absolute atomic E-state index is 0.468. The smallest absolute Gasteiger partial charge is 0.159 e. The number of thioether (sulfide) groups is 1. The van der Waals surface area contributed by atoms with Gasteiger partial charge < -0.3 is 0 Å². The van der Waals surface area contributed by atoms with Gasteiger partial charge in [-0.15, -0.1) is 11.8 Å². The predicted molar refractivity (Wildman–Crippen MR) is 83.2 cm³/mol. The van der Waals surface area contributed by atoms with Crippen LogP contribution in [0.4, 0.5) is 8.78 Å². The lowest BCUT2D eigenvalue weighted by atomic mass is 9.92. The van der Waals surface area contributed by atoms with Crippen LogP contribution in [0, 0.1) is 23.0 Å². The van der Waals surface area contributed by atoms with Gasteiger partial charge in [0.05, 0.1) is 6.07 Å². The summed E-state index contributed by atoms with van der Waals surface area (Å²) >= 11 is 1.48. The first-order chi connectivity index (χ1) is 10.1. The van der Waals surface area contributed by atoms with Gasteiger partial charge in [-0.25, -0.2) is 8.78 Å². The molecule has 1 rings (SSSR count). The Morgan fingerprint density at radius 3 is 2.62 bits per heavy atom. The Labute approximate surface area is 129 Å². The molecule has 1 N–H and O–H groups in total. The standard InChI is InChI=1S/C16H22F2N2S/c1-3-9-20-16(4-2,12-19)8-5-10-21-13-6-7-14(17)15(18)11-13/h6-7,11,20H,3-5,8-10H2,1-2H3. The molecule has 0 radical (unpaired) electrons. The van der Waals surface area contributed by atoms with Gasteiger partial charge in [0.25, 0.3) is 0 Å². The van der Waals surface area contributed by atoms with Crippen molar-refractivity contribution >= 4 is 11.8 Å². The molecule has 0 heterocycles. The number of rotatable bonds is 9. The largest absolute Gasteiger partial charge is 0.299 e. The first-order valence-corrected chi connectivity index (χ1v) is 8.29. The molecule has 0 spiro atoms. The average Bonchev–Trinajstić information content (AvgIpc) is 2.50. The topological polar surface area (TPSA) is 35.8 Å². The van der Waals surface area contributed by atoms with Crippen LogP contribution in [0.15, 0.2) is 23.1 Å². The number of nitriles is 1. The molecule has 1 aromatic carbocycles. The van der Waals surface area contributed by atoms with Crippen molar-refractivity contribution in [3.05, 3.63) is 29.8 Å². The van der Waals surface area contributed by atoms with Gasteiger partial charge in [-0.1, -0.05) is 13.8 Å². The molecule has 0 aliphatic heterocycles. The first kappa shape index (κ1) is 17.9. The van der Waals surface area contributed by atoms with Gasteiger partial charge in [-0.05, 0) is 56.2 Å². The van der Waals surface area contributed by atoms with Crippen LogP contribution in [0.5, 0.6) is 0 Å². The lowest BCUT2D eigenvalue weighted by Crippen LogP contribution is -2.43. The van der Waals surface area contributed by atoms with Crippen molar-refractivity contribution in [3.8, 4) is 6.07 Å². The second-order valence-corrected chi connectivity index (χ2v) is 6.17. The van der Waals surface area contributed by atoms with E-state index in [1.807, 2.05) is 6.92 Å². The first-order valence-electron chi connectivity index (χ1n) is 7.31. The van der Waals surface area contributed by atoms with E-state index in [9.17, 15) is 14.0 Å². The van der Waals surface area contributed by atoms with Crippen molar-refractivity contribution in [2.45, 2.75) is 50.0 Å². The molecule has 116 valence electrons. The summed E-state index contributed by atoms with van der Waals surface area (Å²) in [5.74, 6) is -0.857. The van der Waals surface area contributed by atoms with E-state index in [1.54, 1.807) is 6.07 Å². The molecule has 1 atom stereocenters. The number of nitrogens with one attached hydrogen (secondary N) is 1. The summed E-state index contributed by atoms with van der Waals surface area (Å²) in [5.41, 5.74) is -0.468. The molecule has 5 heteroatoms. The summed E-state index contributed by atoms with van der Waals surface area (Å²) in [6.45, 7) is 4.91. The van der Waals surface area contributed by atoms with Crippen molar-refractivity contribution < 1.29 is 8.78 Å². The van der Waals surface area contributed by atoms with Crippen LogP contribution in [0.25, 0.3) is 0 Å². The summed E-state index contributed by atoms with van der Waals surface area (Å²) in [4.78, 5) is 0.717. The Morgan fingerprint density at radius 1 is 1.29 bits per heavy atom. The van der Waals surface area contributed by atoms with Gasteiger partial charge in [0.1, 0.15) is 5.54 Å². The summed E-state index contributed by atoms with van der Waals surface area (Å²) in [7, 11) is 0. The molecule has 1 unspecified atom stereocenters. The summed E-state index contributed by atoms with van der Waals surface area (Å²) in [5, 5.41) is 12.7. The van der Waals surface area contributed by atoms with E-state index >= 15 is 0 Å². The molecule has 0 bridgehead atoms. The normalized spacial score (nSPS) is 13.7. The molecule has 0 fully saturated rings. The molecule has 21 heavy (non-hydrogen) atoms. The zero-order chi connectivity index (χ0) is 15.7. The van der Waals surface area contributed by atoms with E-state index in [-0.39, 0.29) is 0 Å². The van der Waals surface area contributed by atoms with E-state index in [1.165, 1.54) is 17.8 Å². The van der Waals surface area contributed by atoms with Crippen molar-refractivity contribution in [2.24, 2.45) is 0 Å². The van der Waals surface area contributed by atoms with Crippen LogP contribution in [0.3, 0.4) is 0 Å². The zero-order valence-corrected chi connectivity index (χ0v) is 13.4. The van der Waals surface area contributed by atoms with E-state index in [0.717, 1.165) is 48.9 Å². The highest BCUT2D eigenvalue weighted by Gasteiger charge is 2.26. The molecule has 0 aliphatic rings. The quantitative estimate of drug-likeness (QED) is 0.538. The Morgan fingerprint density at radius 2 is 2.05 bits per heavy atom. The second-order valence-electron chi connectivity index (χ2n) is 5.00. The number of nitrogens with zero attached hydrogens (tertiary/aromatic N) is 1. The molecule has 2 nitrogen and oxygen atoms in total. The number of halogens is 2. The lowest BCUT2D eigenvalue weighted by Gasteiger charge is -2.26. The maximum absolute atomic E-state index is 13.1. The Balaban J connectivity index is 2.44. The SMILES string of the molecule is CCCNC(C#N)(CC)CCCSc1ccc(F)c(F)c1. The molecule has 0 aliphatic carbocycles. The Bertz CT molecular complexity index is 488. The van der Waals surface area contributed by atoms with Crippen LogP contribution in [-0.2, 0) is 0 Å². The van der Waals surface area contributed by atoms with Crippen molar-refractivity contribution in [1.82, 2.24) is 5.32 Å². The van der Waals surface area contributed by atoms with Gasteiger partial charge in [0.2, 0.25) is 0 Å².